The maximum atomic E-state index is 13.1. The van der Waals surface area contributed by atoms with Crippen molar-refractivity contribution in [3.63, 3.8) is 0 Å². The zero-order chi connectivity index (χ0) is 17.3. The number of aliphatic hydroxyl groups excluding tert-OH is 1. The van der Waals surface area contributed by atoms with Crippen LogP contribution in [0.2, 0.25) is 0 Å². The summed E-state index contributed by atoms with van der Waals surface area (Å²) in [5, 5.41) is 14.0. The average Bonchev–Trinajstić information content (AvgIpc) is 3.05. The Bertz CT molecular complexity index is 699. The molecule has 0 bridgehead atoms. The lowest BCUT2D eigenvalue weighted by Gasteiger charge is -2.19. The SMILES string of the molecule is Cc1cc(C[C@@H]2CN(Cc3ccccc3C(F)(F)F)C[C@H]2O)on1. The molecule has 1 aliphatic rings. The smallest absolute Gasteiger partial charge is 0.391 e. The first-order valence-electron chi connectivity index (χ1n) is 7.80. The summed E-state index contributed by atoms with van der Waals surface area (Å²) in [4.78, 5) is 1.85. The monoisotopic (exact) mass is 340 g/mol. The topological polar surface area (TPSA) is 49.5 Å². The van der Waals surface area contributed by atoms with Gasteiger partial charge in [-0.15, -0.1) is 0 Å². The minimum Gasteiger partial charge on any atom is -0.391 e. The first kappa shape index (κ1) is 17.0. The summed E-state index contributed by atoms with van der Waals surface area (Å²) in [6.45, 7) is 2.86. The van der Waals surface area contributed by atoms with Crippen LogP contribution in [0.3, 0.4) is 0 Å². The third-order valence-electron chi connectivity index (χ3n) is 4.34. The van der Waals surface area contributed by atoms with Gasteiger partial charge in [0, 0.05) is 38.0 Å². The summed E-state index contributed by atoms with van der Waals surface area (Å²) in [7, 11) is 0. The molecule has 0 radical (unpaired) electrons. The molecular weight excluding hydrogens is 321 g/mol. The average molecular weight is 340 g/mol. The zero-order valence-corrected chi connectivity index (χ0v) is 13.3. The van der Waals surface area contributed by atoms with Gasteiger partial charge in [-0.05, 0) is 18.6 Å². The Hall–Kier alpha value is -1.86. The molecule has 1 aliphatic heterocycles. The highest BCUT2D eigenvalue weighted by molar-refractivity contribution is 5.29. The lowest BCUT2D eigenvalue weighted by atomic mass is 10.0. The van der Waals surface area contributed by atoms with Gasteiger partial charge < -0.3 is 9.63 Å². The van der Waals surface area contributed by atoms with Gasteiger partial charge in [0.2, 0.25) is 0 Å². The van der Waals surface area contributed by atoms with E-state index in [9.17, 15) is 18.3 Å². The molecule has 0 saturated carbocycles. The van der Waals surface area contributed by atoms with Crippen LogP contribution in [0.4, 0.5) is 13.2 Å². The fourth-order valence-electron chi connectivity index (χ4n) is 3.22. The third-order valence-corrected chi connectivity index (χ3v) is 4.34. The van der Waals surface area contributed by atoms with Crippen molar-refractivity contribution >= 4 is 0 Å². The standard InChI is InChI=1S/C17H19F3N2O2/c1-11-6-14(24-21-11)7-13-9-22(10-16(13)23)8-12-4-2-3-5-15(12)17(18,19)20/h2-6,13,16,23H,7-10H2,1H3/t13-,16-/m1/s1. The molecule has 1 fully saturated rings. The Labute approximate surface area is 137 Å². The van der Waals surface area contributed by atoms with Gasteiger partial charge >= 0.3 is 6.18 Å². The van der Waals surface area contributed by atoms with Gasteiger partial charge in [-0.1, -0.05) is 23.4 Å². The Kier molecular flexibility index (Phi) is 4.64. The maximum absolute atomic E-state index is 13.1. The van der Waals surface area contributed by atoms with Crippen molar-refractivity contribution in [1.82, 2.24) is 10.1 Å². The second kappa shape index (κ2) is 6.57. The summed E-state index contributed by atoms with van der Waals surface area (Å²) in [5.74, 6) is 0.615. The number of halogens is 3. The van der Waals surface area contributed by atoms with Crippen LogP contribution in [0.15, 0.2) is 34.9 Å². The van der Waals surface area contributed by atoms with Crippen molar-refractivity contribution in [2.75, 3.05) is 13.1 Å². The second-order valence-corrected chi connectivity index (χ2v) is 6.32. The number of nitrogens with zero attached hydrogens (tertiary/aromatic N) is 2. The molecule has 2 heterocycles. The molecule has 4 nitrogen and oxygen atoms in total. The van der Waals surface area contributed by atoms with Crippen LogP contribution in [0, 0.1) is 12.8 Å². The van der Waals surface area contributed by atoms with Gasteiger partial charge in [-0.25, -0.2) is 0 Å². The minimum absolute atomic E-state index is 0.0737. The number of benzene rings is 1. The number of β-amino-alcohol motifs (C(OH)–C–C–N with tert-alkyl or cyclic N) is 1. The van der Waals surface area contributed by atoms with E-state index in [0.29, 0.717) is 25.3 Å². The van der Waals surface area contributed by atoms with Crippen LogP contribution in [-0.2, 0) is 19.1 Å². The molecule has 130 valence electrons. The third kappa shape index (κ3) is 3.79. The number of alkyl halides is 3. The molecule has 1 saturated heterocycles. The summed E-state index contributed by atoms with van der Waals surface area (Å²) in [6, 6.07) is 7.39. The van der Waals surface area contributed by atoms with Crippen LogP contribution < -0.4 is 0 Å². The van der Waals surface area contributed by atoms with E-state index >= 15 is 0 Å². The quantitative estimate of drug-likeness (QED) is 0.929. The van der Waals surface area contributed by atoms with E-state index in [1.807, 2.05) is 17.9 Å². The molecule has 24 heavy (non-hydrogen) atoms. The lowest BCUT2D eigenvalue weighted by molar-refractivity contribution is -0.138. The van der Waals surface area contributed by atoms with E-state index < -0.39 is 17.8 Å². The number of aromatic nitrogens is 1. The molecule has 0 unspecified atom stereocenters. The molecule has 2 aromatic rings. The summed E-state index contributed by atoms with van der Waals surface area (Å²) >= 11 is 0. The van der Waals surface area contributed by atoms with E-state index in [-0.39, 0.29) is 18.0 Å². The Morgan fingerprint density at radius 2 is 2.04 bits per heavy atom. The molecule has 2 atom stereocenters. The van der Waals surface area contributed by atoms with Crippen molar-refractivity contribution in [2.24, 2.45) is 5.92 Å². The molecule has 1 aromatic carbocycles. The Morgan fingerprint density at radius 1 is 1.29 bits per heavy atom. The summed E-state index contributed by atoms with van der Waals surface area (Å²) < 4.78 is 44.4. The first-order valence-corrected chi connectivity index (χ1v) is 7.80. The number of rotatable bonds is 4. The largest absolute Gasteiger partial charge is 0.416 e. The van der Waals surface area contributed by atoms with Gasteiger partial charge in [0.05, 0.1) is 17.4 Å². The highest BCUT2D eigenvalue weighted by atomic mass is 19.4. The zero-order valence-electron chi connectivity index (χ0n) is 13.3. The van der Waals surface area contributed by atoms with Crippen molar-refractivity contribution in [3.8, 4) is 0 Å². The summed E-state index contributed by atoms with van der Waals surface area (Å²) in [6.07, 6.45) is -4.43. The van der Waals surface area contributed by atoms with Crippen LogP contribution in [-0.4, -0.2) is 34.4 Å². The number of hydrogen-bond acceptors (Lipinski definition) is 4. The Balaban J connectivity index is 1.67. The highest BCUT2D eigenvalue weighted by Crippen LogP contribution is 2.33. The lowest BCUT2D eigenvalue weighted by Crippen LogP contribution is -2.23. The van der Waals surface area contributed by atoms with Crippen molar-refractivity contribution in [3.05, 3.63) is 52.9 Å². The molecule has 3 rings (SSSR count). The molecular formula is C17H19F3N2O2. The number of likely N-dealkylation sites (tertiary alicyclic amines) is 1. The molecule has 0 aliphatic carbocycles. The van der Waals surface area contributed by atoms with E-state index in [4.69, 9.17) is 4.52 Å². The first-order chi connectivity index (χ1) is 11.3. The van der Waals surface area contributed by atoms with Crippen LogP contribution >= 0.6 is 0 Å². The van der Waals surface area contributed by atoms with Crippen molar-refractivity contribution < 1.29 is 22.8 Å². The fraction of sp³-hybridized carbons (Fsp3) is 0.471. The molecule has 0 spiro atoms. The maximum Gasteiger partial charge on any atom is 0.416 e. The Morgan fingerprint density at radius 3 is 2.71 bits per heavy atom. The predicted octanol–water partition coefficient (Wildman–Crippen LogP) is 3.04. The second-order valence-electron chi connectivity index (χ2n) is 6.32. The molecule has 1 aromatic heterocycles. The van der Waals surface area contributed by atoms with Crippen molar-refractivity contribution in [1.29, 1.82) is 0 Å². The number of aliphatic hydroxyl groups is 1. The molecule has 1 N–H and O–H groups in total. The van der Waals surface area contributed by atoms with Crippen molar-refractivity contribution in [2.45, 2.75) is 32.2 Å². The van der Waals surface area contributed by atoms with Crippen LogP contribution in [0.1, 0.15) is 22.6 Å². The van der Waals surface area contributed by atoms with E-state index in [2.05, 4.69) is 5.16 Å². The van der Waals surface area contributed by atoms with Gasteiger partial charge in [-0.2, -0.15) is 13.2 Å². The number of aryl methyl sites for hydroxylation is 1. The summed E-state index contributed by atoms with van der Waals surface area (Å²) in [5.41, 5.74) is 0.385. The van der Waals surface area contributed by atoms with Crippen LogP contribution in [0.25, 0.3) is 0 Å². The van der Waals surface area contributed by atoms with Crippen LogP contribution in [0.5, 0.6) is 0 Å². The number of hydrogen-bond donors (Lipinski definition) is 1. The van der Waals surface area contributed by atoms with E-state index in [1.165, 1.54) is 12.1 Å². The molecule has 0 amide bonds. The highest BCUT2D eigenvalue weighted by Gasteiger charge is 2.36. The van der Waals surface area contributed by atoms with E-state index in [1.54, 1.807) is 6.07 Å². The van der Waals surface area contributed by atoms with Gasteiger partial charge in [0.25, 0.3) is 0 Å². The van der Waals surface area contributed by atoms with E-state index in [0.717, 1.165) is 11.8 Å². The van der Waals surface area contributed by atoms with Gasteiger partial charge in [0.1, 0.15) is 5.76 Å². The normalized spacial score (nSPS) is 22.2. The van der Waals surface area contributed by atoms with Gasteiger partial charge in [-0.3, -0.25) is 4.90 Å². The molecule has 7 heteroatoms. The van der Waals surface area contributed by atoms with Gasteiger partial charge in [0.15, 0.2) is 0 Å². The minimum atomic E-state index is -4.37. The predicted molar refractivity (Wildman–Crippen MR) is 81.2 cm³/mol. The fourth-order valence-corrected chi connectivity index (χ4v) is 3.22.